The first-order valence-electron chi connectivity index (χ1n) is 16.7. The summed E-state index contributed by atoms with van der Waals surface area (Å²) in [4.78, 5) is 14.4. The van der Waals surface area contributed by atoms with Gasteiger partial charge < -0.3 is 9.04 Å². The van der Waals surface area contributed by atoms with Gasteiger partial charge in [-0.05, 0) is 91.8 Å². The van der Waals surface area contributed by atoms with Crippen LogP contribution < -0.4 is 9.04 Å². The molecule has 0 N–H and O–H groups in total. The minimum atomic E-state index is 0.0200. The molecule has 1 unspecified atom stereocenters. The number of anilines is 1. The lowest BCUT2D eigenvalue weighted by Crippen LogP contribution is -2.40. The molecule has 2 aromatic carbocycles. The number of benzene rings is 2. The second kappa shape index (κ2) is 18.2. The Morgan fingerprint density at radius 3 is 2.19 bits per heavy atom. The van der Waals surface area contributed by atoms with E-state index in [1.807, 2.05) is 26.0 Å². The number of carbonyl (C=O) groups excluding carboxylic acids is 1. The third-order valence-corrected chi connectivity index (χ3v) is 10.4. The van der Waals surface area contributed by atoms with Crippen LogP contribution in [-0.2, 0) is 6.42 Å². The van der Waals surface area contributed by atoms with Gasteiger partial charge in [-0.25, -0.2) is 0 Å². The molecule has 0 aromatic heterocycles. The average Bonchev–Trinajstić information content (AvgIpc) is 3.52. The summed E-state index contributed by atoms with van der Waals surface area (Å²) in [7, 11) is 0. The highest BCUT2D eigenvalue weighted by atomic mass is 32.2. The van der Waals surface area contributed by atoms with Crippen LogP contribution in [0, 0.1) is 11.8 Å². The van der Waals surface area contributed by atoms with E-state index in [9.17, 15) is 4.79 Å². The van der Waals surface area contributed by atoms with Crippen LogP contribution in [-0.4, -0.2) is 41.1 Å². The molecule has 1 saturated heterocycles. The maximum atomic E-state index is 13.3. The van der Waals surface area contributed by atoms with Crippen LogP contribution in [0.5, 0.6) is 5.75 Å². The zero-order chi connectivity index (χ0) is 30.5. The summed E-state index contributed by atoms with van der Waals surface area (Å²) in [5.41, 5.74) is 3.30. The maximum Gasteiger partial charge on any atom is 0.170 e. The molecule has 5 rings (SSSR count). The van der Waals surface area contributed by atoms with Crippen molar-refractivity contribution in [2.75, 3.05) is 23.9 Å². The number of ketones is 1. The molecule has 0 amide bonds. The molecule has 1 atom stereocenters. The Morgan fingerprint density at radius 1 is 0.952 bits per heavy atom. The van der Waals surface area contributed by atoms with Gasteiger partial charge in [0.2, 0.25) is 0 Å². The topological polar surface area (TPSA) is 32.8 Å². The van der Waals surface area contributed by atoms with Gasteiger partial charge in [0.1, 0.15) is 11.9 Å². The van der Waals surface area contributed by atoms with Gasteiger partial charge >= 0.3 is 0 Å². The van der Waals surface area contributed by atoms with Crippen molar-refractivity contribution >= 4 is 35.4 Å². The maximum absolute atomic E-state index is 13.3. The Labute approximate surface area is 266 Å². The second-order valence-electron chi connectivity index (χ2n) is 12.0. The molecule has 2 aromatic rings. The van der Waals surface area contributed by atoms with Crippen LogP contribution in [0.25, 0.3) is 0 Å². The van der Waals surface area contributed by atoms with Crippen molar-refractivity contribution in [1.29, 1.82) is 0 Å². The summed E-state index contributed by atoms with van der Waals surface area (Å²) in [6.07, 6.45) is 10.6. The van der Waals surface area contributed by atoms with Gasteiger partial charge in [0.25, 0.3) is 0 Å². The number of rotatable bonds is 9. The average molecular weight is 613 g/mol. The van der Waals surface area contributed by atoms with E-state index in [0.29, 0.717) is 18.3 Å². The molecular weight excluding hydrogens is 557 g/mol. The molecular formula is C36H56N2O2S2. The van der Waals surface area contributed by atoms with Crippen molar-refractivity contribution in [3.8, 4) is 5.75 Å². The van der Waals surface area contributed by atoms with E-state index in [4.69, 9.17) is 4.74 Å². The van der Waals surface area contributed by atoms with Gasteiger partial charge in [0.15, 0.2) is 5.78 Å². The Hall–Kier alpha value is -1.63. The van der Waals surface area contributed by atoms with Gasteiger partial charge in [-0.1, -0.05) is 91.8 Å². The minimum Gasteiger partial charge on any atom is -0.489 e. The highest BCUT2D eigenvalue weighted by Gasteiger charge is 2.35. The van der Waals surface area contributed by atoms with Crippen LogP contribution in [0.2, 0.25) is 0 Å². The molecule has 6 heteroatoms. The number of Topliss-reactive ketones (excluding diaryl/α,β-unsaturated/α-hetero) is 1. The number of fused-ring (bicyclic) bond motifs is 1. The van der Waals surface area contributed by atoms with E-state index < -0.39 is 0 Å². The summed E-state index contributed by atoms with van der Waals surface area (Å²) < 4.78 is 11.4. The molecule has 0 radical (unpaired) electrons. The van der Waals surface area contributed by atoms with Crippen molar-refractivity contribution in [2.24, 2.45) is 11.8 Å². The number of aryl methyl sites for hydroxylation is 1. The fraction of sp³-hybridized carbons (Fsp3) is 0.639. The van der Waals surface area contributed by atoms with Crippen LogP contribution in [0.4, 0.5) is 5.69 Å². The molecule has 4 nitrogen and oxygen atoms in total. The largest absolute Gasteiger partial charge is 0.489 e. The summed E-state index contributed by atoms with van der Waals surface area (Å²) >= 11 is 3.81. The molecule has 1 saturated carbocycles. The summed E-state index contributed by atoms with van der Waals surface area (Å²) in [6.45, 7) is 18.1. The van der Waals surface area contributed by atoms with Crippen LogP contribution in [0.3, 0.4) is 0 Å². The lowest BCUT2D eigenvalue weighted by Gasteiger charge is -2.38. The second-order valence-corrected chi connectivity index (χ2v) is 14.5. The van der Waals surface area contributed by atoms with E-state index in [1.54, 1.807) is 11.9 Å². The minimum absolute atomic E-state index is 0.0200. The van der Waals surface area contributed by atoms with Crippen LogP contribution in [0.15, 0.2) is 47.4 Å². The Morgan fingerprint density at radius 2 is 1.60 bits per heavy atom. The zero-order valence-corrected chi connectivity index (χ0v) is 29.0. The van der Waals surface area contributed by atoms with E-state index in [2.05, 4.69) is 85.5 Å². The van der Waals surface area contributed by atoms with Crippen LogP contribution >= 0.6 is 23.9 Å². The first kappa shape index (κ1) is 34.9. The van der Waals surface area contributed by atoms with E-state index in [1.165, 1.54) is 43.4 Å². The normalized spacial score (nSPS) is 19.3. The fourth-order valence-electron chi connectivity index (χ4n) is 5.76. The number of ether oxygens (including phenoxy) is 1. The molecule has 42 heavy (non-hydrogen) atoms. The molecule has 0 bridgehead atoms. The third-order valence-electron chi connectivity index (χ3n) is 7.92. The summed E-state index contributed by atoms with van der Waals surface area (Å²) in [6, 6.07) is 15.0. The molecule has 3 aliphatic rings. The van der Waals surface area contributed by atoms with E-state index in [-0.39, 0.29) is 11.9 Å². The third kappa shape index (κ3) is 10.2. The molecule has 2 aliphatic heterocycles. The Kier molecular flexibility index (Phi) is 15.1. The van der Waals surface area contributed by atoms with Gasteiger partial charge in [-0.15, -0.1) is 0 Å². The summed E-state index contributed by atoms with van der Waals surface area (Å²) in [5.74, 6) is 2.01. The van der Waals surface area contributed by atoms with Crippen LogP contribution in [0.1, 0.15) is 116 Å². The van der Waals surface area contributed by atoms with E-state index in [0.717, 1.165) is 60.4 Å². The zero-order valence-electron chi connectivity index (χ0n) is 27.4. The number of hydrogen-bond donors (Lipinski definition) is 0. The lowest BCUT2D eigenvalue weighted by molar-refractivity contribution is 0.0627. The number of carbonyl (C=O) groups is 1. The smallest absolute Gasteiger partial charge is 0.170 e. The molecule has 1 aliphatic carbocycles. The standard InChI is InChI=1S/C31H42N2O2S2.C3H8.C2H6/c1-4-23-9-11-25(12-10-23)33(21-22(2)3)37-27-13-14-30-28(19-27)29(34)20-31(35-30)24-15-17-32(18-16-24)36-26-7-5-6-8-26;1-3-2;1-2/h9-14,19,22,24,26,31H,4-8,15-18,20-21H2,1-3H3;3H2,1-2H3;1-2H3. The van der Waals surface area contributed by atoms with Gasteiger partial charge in [-0.3, -0.25) is 9.10 Å². The number of piperidine rings is 1. The quantitative estimate of drug-likeness (QED) is 0.262. The lowest BCUT2D eigenvalue weighted by atomic mass is 9.86. The first-order valence-corrected chi connectivity index (χ1v) is 18.3. The van der Waals surface area contributed by atoms with Gasteiger partial charge in [0.05, 0.1) is 5.56 Å². The highest BCUT2D eigenvalue weighted by molar-refractivity contribution is 8.00. The van der Waals surface area contributed by atoms with Crippen molar-refractivity contribution in [3.63, 3.8) is 0 Å². The monoisotopic (exact) mass is 612 g/mol. The molecule has 0 spiro atoms. The first-order chi connectivity index (χ1) is 20.4. The Bertz CT molecular complexity index is 1060. The number of hydrogen-bond acceptors (Lipinski definition) is 6. The van der Waals surface area contributed by atoms with Crippen molar-refractivity contribution < 1.29 is 9.53 Å². The SMILES string of the molecule is CC.CCC.CCc1ccc(N(CC(C)C)Sc2ccc3c(c2)C(=O)CC(C2CCN(SC4CCCC4)CC2)O3)cc1. The van der Waals surface area contributed by atoms with E-state index >= 15 is 0 Å². The highest BCUT2D eigenvalue weighted by Crippen LogP contribution is 2.39. The van der Waals surface area contributed by atoms with Crippen molar-refractivity contribution in [2.45, 2.75) is 123 Å². The fourth-order valence-corrected chi connectivity index (χ4v) is 8.30. The predicted octanol–water partition coefficient (Wildman–Crippen LogP) is 10.5. The number of nitrogens with zero attached hydrogens (tertiary/aromatic N) is 2. The molecule has 2 fully saturated rings. The van der Waals surface area contributed by atoms with Crippen molar-refractivity contribution in [3.05, 3.63) is 53.6 Å². The Balaban J connectivity index is 0.000000910. The predicted molar refractivity (Wildman–Crippen MR) is 185 cm³/mol. The summed E-state index contributed by atoms with van der Waals surface area (Å²) in [5, 5.41) is 0.829. The molecule has 234 valence electrons. The molecule has 2 heterocycles. The van der Waals surface area contributed by atoms with Gasteiger partial charge in [0, 0.05) is 41.9 Å². The van der Waals surface area contributed by atoms with Gasteiger partial charge in [-0.2, -0.15) is 0 Å². The van der Waals surface area contributed by atoms with Crippen molar-refractivity contribution in [1.82, 2.24) is 4.31 Å².